The van der Waals surface area contributed by atoms with Gasteiger partial charge >= 0.3 is 0 Å². The van der Waals surface area contributed by atoms with Gasteiger partial charge in [0, 0.05) is 10.4 Å². The summed E-state index contributed by atoms with van der Waals surface area (Å²) in [7, 11) is 0. The standard InChI is InChI=1S/C21H23BrN2O/c1-21(2,3)16-9-7-15(8-10-16)18-12-19(18)20(25)24-23-13-14-5-4-6-17(22)11-14/h4-11,13,18-19H,12H2,1-3H3,(H,24,25). The van der Waals surface area contributed by atoms with E-state index in [1.165, 1.54) is 11.1 Å². The zero-order chi connectivity index (χ0) is 18.0. The Morgan fingerprint density at radius 3 is 2.56 bits per heavy atom. The number of hydrogen-bond donors (Lipinski definition) is 1. The molecule has 0 radical (unpaired) electrons. The van der Waals surface area contributed by atoms with Crippen LogP contribution in [0.1, 0.15) is 49.8 Å². The second-order valence-corrected chi connectivity index (χ2v) is 8.53. The van der Waals surface area contributed by atoms with Gasteiger partial charge in [-0.3, -0.25) is 4.79 Å². The molecule has 0 saturated heterocycles. The maximum absolute atomic E-state index is 12.2. The third-order valence-electron chi connectivity index (χ3n) is 4.57. The van der Waals surface area contributed by atoms with Crippen molar-refractivity contribution in [2.45, 2.75) is 38.5 Å². The normalized spacial score (nSPS) is 19.8. The molecular weight excluding hydrogens is 376 g/mol. The number of amides is 1. The van der Waals surface area contributed by atoms with Crippen LogP contribution in [0.4, 0.5) is 0 Å². The number of benzene rings is 2. The molecule has 0 spiro atoms. The van der Waals surface area contributed by atoms with E-state index in [2.05, 4.69) is 71.5 Å². The zero-order valence-electron chi connectivity index (χ0n) is 14.8. The Labute approximate surface area is 157 Å². The number of rotatable bonds is 4. The van der Waals surface area contributed by atoms with Crippen molar-refractivity contribution >= 4 is 28.1 Å². The fourth-order valence-corrected chi connectivity index (χ4v) is 3.34. The van der Waals surface area contributed by atoms with E-state index in [-0.39, 0.29) is 17.2 Å². The molecule has 0 heterocycles. The van der Waals surface area contributed by atoms with Gasteiger partial charge in [-0.25, -0.2) is 5.43 Å². The van der Waals surface area contributed by atoms with Gasteiger partial charge in [-0.2, -0.15) is 5.10 Å². The summed E-state index contributed by atoms with van der Waals surface area (Å²) < 4.78 is 0.990. The molecule has 0 aliphatic heterocycles. The summed E-state index contributed by atoms with van der Waals surface area (Å²) in [5, 5.41) is 4.07. The first-order valence-electron chi connectivity index (χ1n) is 8.53. The SMILES string of the molecule is CC(C)(C)c1ccc(C2CC2C(=O)NN=Cc2cccc(Br)c2)cc1. The molecule has 2 atom stereocenters. The number of nitrogens with zero attached hydrogens (tertiary/aromatic N) is 1. The molecule has 1 fully saturated rings. The van der Waals surface area contributed by atoms with Crippen LogP contribution in [0.5, 0.6) is 0 Å². The average Bonchev–Trinajstić information content (AvgIpc) is 3.35. The summed E-state index contributed by atoms with van der Waals surface area (Å²) in [6, 6.07) is 16.4. The van der Waals surface area contributed by atoms with Gasteiger partial charge in [0.2, 0.25) is 5.91 Å². The second kappa shape index (κ2) is 7.12. The highest BCUT2D eigenvalue weighted by atomic mass is 79.9. The first-order valence-corrected chi connectivity index (χ1v) is 9.33. The predicted molar refractivity (Wildman–Crippen MR) is 106 cm³/mol. The average molecular weight is 399 g/mol. The molecule has 0 aromatic heterocycles. The molecule has 0 bridgehead atoms. The number of hydrazone groups is 1. The predicted octanol–water partition coefficient (Wildman–Crippen LogP) is 5.00. The lowest BCUT2D eigenvalue weighted by atomic mass is 9.86. The van der Waals surface area contributed by atoms with Crippen molar-refractivity contribution in [3.8, 4) is 0 Å². The van der Waals surface area contributed by atoms with E-state index in [1.807, 2.05) is 24.3 Å². The van der Waals surface area contributed by atoms with Crippen molar-refractivity contribution < 1.29 is 4.79 Å². The number of carbonyl (C=O) groups is 1. The minimum atomic E-state index is -0.00357. The molecule has 2 unspecified atom stereocenters. The molecule has 2 aromatic rings. The molecule has 1 aliphatic carbocycles. The fraction of sp³-hybridized carbons (Fsp3) is 0.333. The van der Waals surface area contributed by atoms with Gasteiger partial charge in [-0.15, -0.1) is 0 Å². The van der Waals surface area contributed by atoms with Crippen LogP contribution >= 0.6 is 15.9 Å². The summed E-state index contributed by atoms with van der Waals surface area (Å²) in [6.45, 7) is 6.62. The van der Waals surface area contributed by atoms with Crippen LogP contribution in [-0.4, -0.2) is 12.1 Å². The van der Waals surface area contributed by atoms with E-state index in [4.69, 9.17) is 0 Å². The molecule has 2 aromatic carbocycles. The lowest BCUT2D eigenvalue weighted by Gasteiger charge is -2.19. The molecular formula is C21H23BrN2O. The number of nitrogens with one attached hydrogen (secondary N) is 1. The molecule has 130 valence electrons. The van der Waals surface area contributed by atoms with Crippen LogP contribution in [0, 0.1) is 5.92 Å². The maximum atomic E-state index is 12.2. The van der Waals surface area contributed by atoms with E-state index < -0.39 is 0 Å². The van der Waals surface area contributed by atoms with E-state index in [0.717, 1.165) is 16.5 Å². The minimum Gasteiger partial charge on any atom is -0.273 e. The van der Waals surface area contributed by atoms with Gasteiger partial charge in [0.05, 0.1) is 6.21 Å². The summed E-state index contributed by atoms with van der Waals surface area (Å²) in [6.07, 6.45) is 2.56. The van der Waals surface area contributed by atoms with Gasteiger partial charge in [0.15, 0.2) is 0 Å². The minimum absolute atomic E-state index is 0.00357. The van der Waals surface area contributed by atoms with Gasteiger partial charge in [-0.1, -0.05) is 73.1 Å². The van der Waals surface area contributed by atoms with Crippen LogP contribution < -0.4 is 5.43 Å². The first-order chi connectivity index (χ1) is 11.8. The van der Waals surface area contributed by atoms with E-state index in [1.54, 1.807) is 6.21 Å². The Morgan fingerprint density at radius 2 is 1.92 bits per heavy atom. The quantitative estimate of drug-likeness (QED) is 0.571. The highest BCUT2D eigenvalue weighted by Gasteiger charge is 2.43. The van der Waals surface area contributed by atoms with Crippen LogP contribution in [0.3, 0.4) is 0 Å². The van der Waals surface area contributed by atoms with Crippen molar-refractivity contribution in [3.05, 3.63) is 69.7 Å². The van der Waals surface area contributed by atoms with Crippen LogP contribution in [0.25, 0.3) is 0 Å². The second-order valence-electron chi connectivity index (χ2n) is 7.61. The Morgan fingerprint density at radius 1 is 1.20 bits per heavy atom. The largest absolute Gasteiger partial charge is 0.273 e. The van der Waals surface area contributed by atoms with Gasteiger partial charge in [0.1, 0.15) is 0 Å². The van der Waals surface area contributed by atoms with E-state index in [9.17, 15) is 4.79 Å². The molecule has 1 amide bonds. The summed E-state index contributed by atoms with van der Waals surface area (Å²) >= 11 is 3.42. The van der Waals surface area contributed by atoms with Gasteiger partial charge < -0.3 is 0 Å². The van der Waals surface area contributed by atoms with E-state index >= 15 is 0 Å². The van der Waals surface area contributed by atoms with Crippen molar-refractivity contribution in [1.82, 2.24) is 5.43 Å². The number of halogens is 1. The fourth-order valence-electron chi connectivity index (χ4n) is 2.92. The zero-order valence-corrected chi connectivity index (χ0v) is 16.4. The summed E-state index contributed by atoms with van der Waals surface area (Å²) in [4.78, 5) is 12.2. The Kier molecular flexibility index (Phi) is 5.09. The number of carbonyl (C=O) groups excluding carboxylic acids is 1. The number of hydrogen-bond acceptors (Lipinski definition) is 2. The molecule has 1 aliphatic rings. The molecule has 3 nitrogen and oxygen atoms in total. The van der Waals surface area contributed by atoms with Crippen molar-refractivity contribution in [2.24, 2.45) is 11.0 Å². The summed E-state index contributed by atoms with van der Waals surface area (Å²) in [5.74, 6) is 0.339. The Hall–Kier alpha value is -1.94. The highest BCUT2D eigenvalue weighted by molar-refractivity contribution is 9.10. The Balaban J connectivity index is 1.55. The molecule has 4 heteroatoms. The lowest BCUT2D eigenvalue weighted by Crippen LogP contribution is -2.20. The molecule has 3 rings (SSSR count). The van der Waals surface area contributed by atoms with Gasteiger partial charge in [0.25, 0.3) is 0 Å². The van der Waals surface area contributed by atoms with Crippen LogP contribution in [-0.2, 0) is 10.2 Å². The van der Waals surface area contributed by atoms with E-state index in [0.29, 0.717) is 5.92 Å². The molecule has 25 heavy (non-hydrogen) atoms. The topological polar surface area (TPSA) is 41.5 Å². The van der Waals surface area contributed by atoms with Crippen molar-refractivity contribution in [2.75, 3.05) is 0 Å². The maximum Gasteiger partial charge on any atom is 0.243 e. The third-order valence-corrected chi connectivity index (χ3v) is 5.06. The monoisotopic (exact) mass is 398 g/mol. The molecule has 1 saturated carbocycles. The van der Waals surface area contributed by atoms with Crippen molar-refractivity contribution in [1.29, 1.82) is 0 Å². The third kappa shape index (κ3) is 4.57. The first kappa shape index (κ1) is 17.9. The highest BCUT2D eigenvalue weighted by Crippen LogP contribution is 2.47. The lowest BCUT2D eigenvalue weighted by molar-refractivity contribution is -0.122. The van der Waals surface area contributed by atoms with Crippen LogP contribution in [0.2, 0.25) is 0 Å². The Bertz CT molecular complexity index is 790. The summed E-state index contributed by atoms with van der Waals surface area (Å²) in [5.41, 5.74) is 6.32. The van der Waals surface area contributed by atoms with Crippen LogP contribution in [0.15, 0.2) is 58.1 Å². The van der Waals surface area contributed by atoms with Gasteiger partial charge in [-0.05, 0) is 46.6 Å². The smallest absolute Gasteiger partial charge is 0.243 e. The van der Waals surface area contributed by atoms with Crippen molar-refractivity contribution in [3.63, 3.8) is 0 Å². The molecule has 1 N–H and O–H groups in total.